The highest BCUT2D eigenvalue weighted by molar-refractivity contribution is 5.81. The molecule has 0 aromatic heterocycles. The van der Waals surface area contributed by atoms with Gasteiger partial charge in [0.1, 0.15) is 5.75 Å². The molecule has 1 amide bonds. The lowest BCUT2D eigenvalue weighted by Gasteiger charge is -2.37. The molecule has 2 unspecified atom stereocenters. The van der Waals surface area contributed by atoms with Crippen LogP contribution in [0, 0.1) is 11.8 Å². The van der Waals surface area contributed by atoms with Gasteiger partial charge in [0.05, 0.1) is 7.11 Å². The van der Waals surface area contributed by atoms with Crippen LogP contribution in [0.2, 0.25) is 0 Å². The van der Waals surface area contributed by atoms with Crippen molar-refractivity contribution < 1.29 is 9.53 Å². The average Bonchev–Trinajstić information content (AvgIpc) is 3.60. The molecule has 1 saturated carbocycles. The Morgan fingerprint density at radius 2 is 1.74 bits per heavy atom. The first-order valence-electron chi connectivity index (χ1n) is 11.7. The third-order valence-electron chi connectivity index (χ3n) is 7.19. The van der Waals surface area contributed by atoms with Gasteiger partial charge >= 0.3 is 0 Å². The second-order valence-electron chi connectivity index (χ2n) is 9.28. The van der Waals surface area contributed by atoms with Crippen LogP contribution in [0.25, 0.3) is 0 Å². The SMILES string of the molecule is COc1cccc(C2CN(C(=O)C3CC3)CC2CN2CCN(c3ccccc3)CC2)c1. The molecule has 1 aliphatic carbocycles. The van der Waals surface area contributed by atoms with Crippen LogP contribution in [0.4, 0.5) is 5.69 Å². The van der Waals surface area contributed by atoms with Crippen LogP contribution in [0.3, 0.4) is 0 Å². The molecule has 2 aromatic carbocycles. The predicted molar refractivity (Wildman–Crippen MR) is 124 cm³/mol. The molecule has 5 nitrogen and oxygen atoms in total. The normalized spacial score (nSPS) is 24.4. The Labute approximate surface area is 185 Å². The molecule has 3 fully saturated rings. The van der Waals surface area contributed by atoms with Gasteiger partial charge in [0, 0.05) is 63.3 Å². The molecule has 5 heteroatoms. The van der Waals surface area contributed by atoms with E-state index in [1.54, 1.807) is 7.11 Å². The van der Waals surface area contributed by atoms with E-state index in [4.69, 9.17) is 4.74 Å². The van der Waals surface area contributed by atoms with Gasteiger partial charge in [-0.15, -0.1) is 0 Å². The van der Waals surface area contributed by atoms with Crippen LogP contribution in [-0.4, -0.2) is 68.6 Å². The number of hydrogen-bond acceptors (Lipinski definition) is 4. The number of likely N-dealkylation sites (tertiary alicyclic amines) is 1. The van der Waals surface area contributed by atoms with Crippen molar-refractivity contribution in [1.82, 2.24) is 9.80 Å². The number of hydrogen-bond donors (Lipinski definition) is 0. The molecule has 0 bridgehead atoms. The number of para-hydroxylation sites is 1. The first kappa shape index (κ1) is 20.4. The van der Waals surface area contributed by atoms with E-state index in [0.717, 1.165) is 64.4 Å². The summed E-state index contributed by atoms with van der Waals surface area (Å²) < 4.78 is 5.48. The highest BCUT2D eigenvalue weighted by atomic mass is 16.5. The number of amides is 1. The van der Waals surface area contributed by atoms with Gasteiger partial charge in [-0.3, -0.25) is 9.69 Å². The largest absolute Gasteiger partial charge is 0.497 e. The maximum absolute atomic E-state index is 12.8. The molecular weight excluding hydrogens is 386 g/mol. The molecule has 2 atom stereocenters. The average molecular weight is 420 g/mol. The van der Waals surface area contributed by atoms with Crippen LogP contribution < -0.4 is 9.64 Å². The summed E-state index contributed by atoms with van der Waals surface area (Å²) in [5.41, 5.74) is 2.62. The first-order chi connectivity index (χ1) is 15.2. The van der Waals surface area contributed by atoms with Gasteiger partial charge in [0.25, 0.3) is 0 Å². The van der Waals surface area contributed by atoms with Crippen molar-refractivity contribution >= 4 is 11.6 Å². The van der Waals surface area contributed by atoms with E-state index in [0.29, 0.717) is 23.7 Å². The van der Waals surface area contributed by atoms with Crippen molar-refractivity contribution in [3.8, 4) is 5.75 Å². The van der Waals surface area contributed by atoms with Gasteiger partial charge in [0.2, 0.25) is 5.91 Å². The lowest BCUT2D eigenvalue weighted by Crippen LogP contribution is -2.48. The van der Waals surface area contributed by atoms with Crippen molar-refractivity contribution in [2.45, 2.75) is 18.8 Å². The first-order valence-corrected chi connectivity index (χ1v) is 11.7. The number of carbonyl (C=O) groups is 1. The number of carbonyl (C=O) groups excluding carboxylic acids is 1. The number of nitrogens with zero attached hydrogens (tertiary/aromatic N) is 3. The van der Waals surface area contributed by atoms with Crippen LogP contribution in [0.5, 0.6) is 5.75 Å². The summed E-state index contributed by atoms with van der Waals surface area (Å²) in [5, 5.41) is 0. The van der Waals surface area contributed by atoms with E-state index in [1.165, 1.54) is 11.3 Å². The fraction of sp³-hybridized carbons (Fsp3) is 0.500. The maximum Gasteiger partial charge on any atom is 0.225 e. The van der Waals surface area contributed by atoms with Crippen molar-refractivity contribution in [3.05, 3.63) is 60.2 Å². The summed E-state index contributed by atoms with van der Waals surface area (Å²) in [6, 6.07) is 19.2. The monoisotopic (exact) mass is 419 g/mol. The molecule has 0 spiro atoms. The topological polar surface area (TPSA) is 36.0 Å². The minimum atomic E-state index is 0.291. The van der Waals surface area contributed by atoms with Crippen LogP contribution in [0.1, 0.15) is 24.3 Å². The Kier molecular flexibility index (Phi) is 5.86. The Morgan fingerprint density at radius 1 is 0.968 bits per heavy atom. The van der Waals surface area contributed by atoms with Crippen LogP contribution >= 0.6 is 0 Å². The molecule has 2 heterocycles. The summed E-state index contributed by atoms with van der Waals surface area (Å²) in [5.74, 6) is 2.42. The molecule has 0 radical (unpaired) electrons. The minimum absolute atomic E-state index is 0.291. The summed E-state index contributed by atoms with van der Waals surface area (Å²) in [6.45, 7) is 7.06. The third kappa shape index (κ3) is 4.57. The lowest BCUT2D eigenvalue weighted by atomic mass is 9.88. The molecule has 164 valence electrons. The van der Waals surface area contributed by atoms with Crippen molar-refractivity contribution in [3.63, 3.8) is 0 Å². The van der Waals surface area contributed by atoms with Crippen LogP contribution in [0.15, 0.2) is 54.6 Å². The standard InChI is InChI=1S/C26H33N3O2/c1-31-24-9-5-6-21(16-24)25-19-29(26(30)20-10-11-20)18-22(25)17-27-12-14-28(15-13-27)23-7-3-2-4-8-23/h2-9,16,20,22,25H,10-15,17-19H2,1H3. The molecule has 0 N–H and O–H groups in total. The highest BCUT2D eigenvalue weighted by Crippen LogP contribution is 2.39. The number of ether oxygens (including phenoxy) is 1. The number of piperazine rings is 1. The zero-order chi connectivity index (χ0) is 21.2. The fourth-order valence-corrected chi connectivity index (χ4v) is 5.23. The molecule has 31 heavy (non-hydrogen) atoms. The third-order valence-corrected chi connectivity index (χ3v) is 7.19. The van der Waals surface area contributed by atoms with Crippen molar-refractivity contribution in [2.75, 3.05) is 57.8 Å². The van der Waals surface area contributed by atoms with Crippen molar-refractivity contribution in [1.29, 1.82) is 0 Å². The molecule has 3 aliphatic rings. The molecule has 2 aliphatic heterocycles. The van der Waals surface area contributed by atoms with E-state index in [-0.39, 0.29) is 0 Å². The maximum atomic E-state index is 12.8. The van der Waals surface area contributed by atoms with Gasteiger partial charge in [-0.25, -0.2) is 0 Å². The molecule has 2 saturated heterocycles. The van der Waals surface area contributed by atoms with Gasteiger partial charge in [-0.05, 0) is 48.6 Å². The Hall–Kier alpha value is -2.53. The Balaban J connectivity index is 1.27. The van der Waals surface area contributed by atoms with E-state index in [2.05, 4.69) is 63.2 Å². The highest BCUT2D eigenvalue weighted by Gasteiger charge is 2.41. The Morgan fingerprint density at radius 3 is 2.45 bits per heavy atom. The summed E-state index contributed by atoms with van der Waals surface area (Å²) in [7, 11) is 1.72. The van der Waals surface area contributed by atoms with Gasteiger partial charge < -0.3 is 14.5 Å². The predicted octanol–water partition coefficient (Wildman–Crippen LogP) is 3.47. The number of benzene rings is 2. The second kappa shape index (κ2) is 8.91. The summed E-state index contributed by atoms with van der Waals surface area (Å²) >= 11 is 0. The zero-order valence-electron chi connectivity index (χ0n) is 18.5. The van der Waals surface area contributed by atoms with E-state index in [9.17, 15) is 4.79 Å². The van der Waals surface area contributed by atoms with Gasteiger partial charge in [0.15, 0.2) is 0 Å². The molecule has 5 rings (SSSR count). The molecular formula is C26H33N3O2. The van der Waals surface area contributed by atoms with Gasteiger partial charge in [-0.1, -0.05) is 30.3 Å². The van der Waals surface area contributed by atoms with Gasteiger partial charge in [-0.2, -0.15) is 0 Å². The number of rotatable bonds is 6. The number of anilines is 1. The van der Waals surface area contributed by atoms with E-state index >= 15 is 0 Å². The summed E-state index contributed by atoms with van der Waals surface area (Å²) in [6.07, 6.45) is 2.15. The minimum Gasteiger partial charge on any atom is -0.497 e. The van der Waals surface area contributed by atoms with E-state index in [1.807, 2.05) is 6.07 Å². The molecule has 2 aromatic rings. The number of methoxy groups -OCH3 is 1. The quantitative estimate of drug-likeness (QED) is 0.718. The second-order valence-corrected chi connectivity index (χ2v) is 9.28. The van der Waals surface area contributed by atoms with Crippen LogP contribution in [-0.2, 0) is 4.79 Å². The van der Waals surface area contributed by atoms with Crippen molar-refractivity contribution in [2.24, 2.45) is 11.8 Å². The Bertz CT molecular complexity index is 891. The smallest absolute Gasteiger partial charge is 0.225 e. The fourth-order valence-electron chi connectivity index (χ4n) is 5.23. The zero-order valence-corrected chi connectivity index (χ0v) is 18.5. The van der Waals surface area contributed by atoms with E-state index < -0.39 is 0 Å². The lowest BCUT2D eigenvalue weighted by molar-refractivity contribution is -0.131. The summed E-state index contributed by atoms with van der Waals surface area (Å²) in [4.78, 5) is 20.1.